The average molecular weight is 494 g/mol. The number of carbonyl (C=O) groups is 1. The van der Waals surface area contributed by atoms with E-state index in [1.807, 2.05) is 0 Å². The van der Waals surface area contributed by atoms with E-state index < -0.39 is 26.0 Å². The molecule has 1 aliphatic heterocycles. The first kappa shape index (κ1) is 25.4. The number of rotatable bonds is 7. The highest BCUT2D eigenvalue weighted by Crippen LogP contribution is 2.27. The molecule has 2 N–H and O–H groups in total. The van der Waals surface area contributed by atoms with Gasteiger partial charge >= 0.3 is 0 Å². The van der Waals surface area contributed by atoms with Crippen LogP contribution in [0.2, 0.25) is 0 Å². The molecule has 8 nitrogen and oxygen atoms in total. The smallest absolute Gasteiger partial charge is 0.255 e. The number of nitrogens with zero attached hydrogens (tertiary/aromatic N) is 1. The van der Waals surface area contributed by atoms with Crippen LogP contribution in [0.4, 0.5) is 5.69 Å². The van der Waals surface area contributed by atoms with E-state index in [2.05, 4.69) is 23.9 Å². The molecule has 1 fully saturated rings. The Morgan fingerprint density at radius 2 is 1.39 bits per heavy atom. The van der Waals surface area contributed by atoms with Gasteiger partial charge in [0.1, 0.15) is 0 Å². The average Bonchev–Trinajstić information content (AvgIpc) is 2.72. The van der Waals surface area contributed by atoms with Crippen LogP contribution in [0, 0.1) is 11.8 Å². The van der Waals surface area contributed by atoms with Gasteiger partial charge in [-0.2, -0.15) is 4.31 Å². The zero-order valence-corrected chi connectivity index (χ0v) is 20.9. The van der Waals surface area contributed by atoms with Crippen molar-refractivity contribution in [1.82, 2.24) is 9.03 Å². The first-order valence-electron chi connectivity index (χ1n) is 10.9. The van der Waals surface area contributed by atoms with E-state index in [1.54, 1.807) is 26.0 Å². The fraction of sp³-hybridized carbons (Fsp3) is 0.435. The SMILES string of the molecule is CC1CC(C)CN(S(=O)(=O)c2ccc(NC(=O)c3ccc(S(=O)(=O)NC(C)C)cc3)cc2)C1. The molecule has 1 heterocycles. The molecule has 10 heteroatoms. The van der Waals surface area contributed by atoms with E-state index in [9.17, 15) is 21.6 Å². The lowest BCUT2D eigenvalue weighted by atomic mass is 9.94. The highest BCUT2D eigenvalue weighted by molar-refractivity contribution is 7.89. The normalized spacial score (nSPS) is 20.0. The first-order valence-corrected chi connectivity index (χ1v) is 13.8. The third-order valence-corrected chi connectivity index (χ3v) is 8.92. The quantitative estimate of drug-likeness (QED) is 0.615. The molecule has 0 spiro atoms. The van der Waals surface area contributed by atoms with Crippen molar-refractivity contribution in [2.75, 3.05) is 18.4 Å². The third-order valence-electron chi connectivity index (χ3n) is 5.40. The maximum Gasteiger partial charge on any atom is 0.255 e. The van der Waals surface area contributed by atoms with Crippen molar-refractivity contribution in [3.05, 3.63) is 54.1 Å². The molecule has 2 atom stereocenters. The number of hydrogen-bond acceptors (Lipinski definition) is 5. The topological polar surface area (TPSA) is 113 Å². The minimum atomic E-state index is -3.64. The molecule has 1 aliphatic rings. The van der Waals surface area contributed by atoms with Crippen molar-refractivity contribution in [2.45, 2.75) is 49.9 Å². The molecule has 1 amide bonds. The molecule has 0 aromatic heterocycles. The fourth-order valence-corrected chi connectivity index (χ4v) is 6.96. The number of carbonyl (C=O) groups excluding carboxylic acids is 1. The van der Waals surface area contributed by atoms with Crippen LogP contribution in [0.3, 0.4) is 0 Å². The van der Waals surface area contributed by atoms with E-state index in [1.165, 1.54) is 40.7 Å². The Bertz CT molecular complexity index is 1180. The maximum absolute atomic E-state index is 13.0. The molecule has 3 rings (SSSR count). The van der Waals surface area contributed by atoms with Crippen molar-refractivity contribution in [2.24, 2.45) is 11.8 Å². The van der Waals surface area contributed by atoms with Crippen LogP contribution in [0.15, 0.2) is 58.3 Å². The van der Waals surface area contributed by atoms with E-state index in [0.29, 0.717) is 30.6 Å². The van der Waals surface area contributed by atoms with Gasteiger partial charge in [0.15, 0.2) is 0 Å². The maximum atomic E-state index is 13.0. The highest BCUT2D eigenvalue weighted by atomic mass is 32.2. The Balaban J connectivity index is 1.69. The Kier molecular flexibility index (Phi) is 7.62. The molecule has 0 aliphatic carbocycles. The number of amides is 1. The van der Waals surface area contributed by atoms with Gasteiger partial charge in [0, 0.05) is 30.4 Å². The monoisotopic (exact) mass is 493 g/mol. The fourth-order valence-electron chi connectivity index (χ4n) is 4.03. The molecule has 2 aromatic carbocycles. The number of hydrogen-bond donors (Lipinski definition) is 2. The van der Waals surface area contributed by atoms with Gasteiger partial charge in [-0.1, -0.05) is 13.8 Å². The Hall–Kier alpha value is -2.27. The van der Waals surface area contributed by atoms with E-state index >= 15 is 0 Å². The molecule has 180 valence electrons. The summed E-state index contributed by atoms with van der Waals surface area (Å²) < 4.78 is 54.4. The second kappa shape index (κ2) is 9.92. The zero-order valence-electron chi connectivity index (χ0n) is 19.3. The summed E-state index contributed by atoms with van der Waals surface area (Å²) in [5.74, 6) is 0.194. The summed E-state index contributed by atoms with van der Waals surface area (Å²) >= 11 is 0. The third kappa shape index (κ3) is 6.20. The van der Waals surface area contributed by atoms with Gasteiger partial charge in [0.2, 0.25) is 20.0 Å². The van der Waals surface area contributed by atoms with Crippen LogP contribution in [0.25, 0.3) is 0 Å². The number of sulfonamides is 2. The van der Waals surface area contributed by atoms with Crippen molar-refractivity contribution in [3.8, 4) is 0 Å². The lowest BCUT2D eigenvalue weighted by molar-refractivity contribution is 0.102. The minimum absolute atomic E-state index is 0.0728. The van der Waals surface area contributed by atoms with Crippen LogP contribution in [0.1, 0.15) is 44.5 Å². The molecule has 0 radical (unpaired) electrons. The summed E-state index contributed by atoms with van der Waals surface area (Å²) in [6, 6.07) is 11.4. The molecule has 0 saturated carbocycles. The van der Waals surface area contributed by atoms with E-state index in [-0.39, 0.29) is 21.4 Å². The van der Waals surface area contributed by atoms with Gasteiger partial charge in [-0.05, 0) is 80.6 Å². The lowest BCUT2D eigenvalue weighted by Gasteiger charge is -2.34. The Labute approximate surface area is 196 Å². The summed E-state index contributed by atoms with van der Waals surface area (Å²) in [5, 5.41) is 2.71. The van der Waals surface area contributed by atoms with Gasteiger partial charge in [0.05, 0.1) is 9.79 Å². The van der Waals surface area contributed by atoms with Crippen LogP contribution in [-0.2, 0) is 20.0 Å². The number of benzene rings is 2. The Morgan fingerprint density at radius 1 is 0.879 bits per heavy atom. The summed E-state index contributed by atoms with van der Waals surface area (Å²) in [7, 11) is -7.23. The summed E-state index contributed by atoms with van der Waals surface area (Å²) in [4.78, 5) is 12.8. The molecule has 0 bridgehead atoms. The van der Waals surface area contributed by atoms with Crippen molar-refractivity contribution in [3.63, 3.8) is 0 Å². The highest BCUT2D eigenvalue weighted by Gasteiger charge is 2.31. The van der Waals surface area contributed by atoms with Crippen molar-refractivity contribution in [1.29, 1.82) is 0 Å². The predicted molar refractivity (Wildman–Crippen MR) is 128 cm³/mol. The number of piperidine rings is 1. The molecule has 1 saturated heterocycles. The first-order chi connectivity index (χ1) is 15.4. The largest absolute Gasteiger partial charge is 0.322 e. The van der Waals surface area contributed by atoms with Crippen molar-refractivity contribution < 1.29 is 21.6 Å². The predicted octanol–water partition coefficient (Wildman–Crippen LogP) is 3.29. The second-order valence-electron chi connectivity index (χ2n) is 9.05. The molecule has 2 aromatic rings. The van der Waals surface area contributed by atoms with Crippen LogP contribution in [-0.4, -0.2) is 46.2 Å². The van der Waals surface area contributed by atoms with Crippen LogP contribution < -0.4 is 10.0 Å². The van der Waals surface area contributed by atoms with Gasteiger partial charge < -0.3 is 5.32 Å². The van der Waals surface area contributed by atoms with Gasteiger partial charge in [0.25, 0.3) is 5.91 Å². The number of anilines is 1. The van der Waals surface area contributed by atoms with Crippen molar-refractivity contribution >= 4 is 31.6 Å². The summed E-state index contributed by atoms with van der Waals surface area (Å²) in [6.07, 6.45) is 1.01. The van der Waals surface area contributed by atoms with Crippen LogP contribution in [0.5, 0.6) is 0 Å². The second-order valence-corrected chi connectivity index (χ2v) is 12.7. The molecular weight excluding hydrogens is 462 g/mol. The van der Waals surface area contributed by atoms with E-state index in [0.717, 1.165) is 6.42 Å². The standard InChI is InChI=1S/C23H31N3O5S2/c1-16(2)25-32(28,29)21-9-5-19(6-10-21)23(27)24-20-7-11-22(12-8-20)33(30,31)26-14-17(3)13-18(4)15-26/h5-12,16-18,25H,13-15H2,1-4H3,(H,24,27). The Morgan fingerprint density at radius 3 is 1.91 bits per heavy atom. The molecular formula is C23H31N3O5S2. The summed E-state index contributed by atoms with van der Waals surface area (Å²) in [5.41, 5.74) is 0.726. The summed E-state index contributed by atoms with van der Waals surface area (Å²) in [6.45, 7) is 8.57. The van der Waals surface area contributed by atoms with Gasteiger partial charge in [-0.25, -0.2) is 21.6 Å². The molecule has 2 unspecified atom stereocenters. The van der Waals surface area contributed by atoms with Gasteiger partial charge in [-0.15, -0.1) is 0 Å². The van der Waals surface area contributed by atoms with E-state index in [4.69, 9.17) is 0 Å². The number of nitrogens with one attached hydrogen (secondary N) is 2. The lowest BCUT2D eigenvalue weighted by Crippen LogP contribution is -2.42. The van der Waals surface area contributed by atoms with Gasteiger partial charge in [-0.3, -0.25) is 4.79 Å². The minimum Gasteiger partial charge on any atom is -0.322 e. The molecule has 33 heavy (non-hydrogen) atoms. The zero-order chi connectivity index (χ0) is 24.4. The van der Waals surface area contributed by atoms with Crippen LogP contribution >= 0.6 is 0 Å².